The second kappa shape index (κ2) is 5.19. The third kappa shape index (κ3) is 3.75. The highest BCUT2D eigenvalue weighted by Gasteiger charge is 2.25. The lowest BCUT2D eigenvalue weighted by atomic mass is 9.99. The molecule has 4 nitrogen and oxygen atoms in total. The van der Waals surface area contributed by atoms with Crippen molar-refractivity contribution in [3.63, 3.8) is 0 Å². The predicted molar refractivity (Wildman–Crippen MR) is 67.8 cm³/mol. The summed E-state index contributed by atoms with van der Waals surface area (Å²) >= 11 is 0. The number of aryl methyl sites for hydroxylation is 2. The molecular weight excluding hydrogens is 216 g/mol. The molecule has 1 aromatic carbocycles. The van der Waals surface area contributed by atoms with Gasteiger partial charge in [0.2, 0.25) is 5.91 Å². The Labute approximate surface area is 102 Å². The van der Waals surface area contributed by atoms with E-state index in [2.05, 4.69) is 0 Å². The Hall–Kier alpha value is -1.55. The number of ether oxygens (including phenoxy) is 1. The molecule has 94 valence electrons. The van der Waals surface area contributed by atoms with Gasteiger partial charge in [0.15, 0.2) is 0 Å². The minimum absolute atomic E-state index is 0.373. The first-order valence-electron chi connectivity index (χ1n) is 5.62. The van der Waals surface area contributed by atoms with Crippen molar-refractivity contribution in [1.29, 1.82) is 0 Å². The summed E-state index contributed by atoms with van der Waals surface area (Å²) in [6, 6.07) is 5.87. The lowest BCUT2D eigenvalue weighted by molar-refractivity contribution is -0.123. The fraction of sp³-hybridized carbons (Fsp3) is 0.462. The first-order valence-corrected chi connectivity index (χ1v) is 5.62. The van der Waals surface area contributed by atoms with E-state index in [1.54, 1.807) is 6.92 Å². The van der Waals surface area contributed by atoms with Gasteiger partial charge in [0.1, 0.15) is 5.75 Å². The molecule has 0 saturated heterocycles. The van der Waals surface area contributed by atoms with Gasteiger partial charge in [0, 0.05) is 6.42 Å². The molecule has 0 bridgehead atoms. The maximum Gasteiger partial charge on any atom is 0.237 e. The molecule has 1 unspecified atom stereocenters. The molecule has 0 aromatic heterocycles. The molecule has 4 N–H and O–H groups in total. The average molecular weight is 236 g/mol. The average Bonchev–Trinajstić information content (AvgIpc) is 2.23. The van der Waals surface area contributed by atoms with Gasteiger partial charge in [-0.3, -0.25) is 4.79 Å². The molecule has 1 rings (SSSR count). The maximum atomic E-state index is 11.0. The van der Waals surface area contributed by atoms with Crippen molar-refractivity contribution in [2.24, 2.45) is 11.5 Å². The molecule has 1 amide bonds. The molecule has 4 heteroatoms. The summed E-state index contributed by atoms with van der Waals surface area (Å²) in [4.78, 5) is 11.0. The van der Waals surface area contributed by atoms with E-state index in [1.165, 1.54) is 11.1 Å². The Morgan fingerprint density at radius 1 is 1.35 bits per heavy atom. The molecule has 1 atom stereocenters. The summed E-state index contributed by atoms with van der Waals surface area (Å²) in [6.07, 6.45) is 0.398. The van der Waals surface area contributed by atoms with Gasteiger partial charge in [-0.1, -0.05) is 6.07 Å². The van der Waals surface area contributed by atoms with Crippen LogP contribution >= 0.6 is 0 Å². The number of primary amides is 1. The topological polar surface area (TPSA) is 78.3 Å². The number of hydrogen-bond acceptors (Lipinski definition) is 3. The molecule has 0 heterocycles. The van der Waals surface area contributed by atoms with Gasteiger partial charge in [-0.05, 0) is 44.0 Å². The van der Waals surface area contributed by atoms with Crippen LogP contribution in [0.25, 0.3) is 0 Å². The van der Waals surface area contributed by atoms with Gasteiger partial charge in [0.25, 0.3) is 0 Å². The lowest BCUT2D eigenvalue weighted by Crippen LogP contribution is -2.50. The van der Waals surface area contributed by atoms with E-state index in [9.17, 15) is 4.79 Å². The van der Waals surface area contributed by atoms with Gasteiger partial charge in [-0.25, -0.2) is 0 Å². The van der Waals surface area contributed by atoms with Crippen LogP contribution in [0.3, 0.4) is 0 Å². The van der Waals surface area contributed by atoms with E-state index in [4.69, 9.17) is 16.2 Å². The van der Waals surface area contributed by atoms with Crippen LogP contribution in [0.2, 0.25) is 0 Å². The zero-order valence-corrected chi connectivity index (χ0v) is 10.6. The fourth-order valence-corrected chi connectivity index (χ4v) is 1.31. The van der Waals surface area contributed by atoms with Crippen LogP contribution < -0.4 is 16.2 Å². The Morgan fingerprint density at radius 2 is 2.00 bits per heavy atom. The molecule has 0 aliphatic rings. The quantitative estimate of drug-likeness (QED) is 0.808. The third-order valence-corrected chi connectivity index (χ3v) is 2.93. The molecule has 0 fully saturated rings. The number of hydrogen-bond donors (Lipinski definition) is 2. The maximum absolute atomic E-state index is 11.0. The van der Waals surface area contributed by atoms with Crippen LogP contribution in [-0.4, -0.2) is 18.1 Å². The lowest BCUT2D eigenvalue weighted by Gasteiger charge is -2.20. The number of rotatable bonds is 5. The zero-order chi connectivity index (χ0) is 13.1. The van der Waals surface area contributed by atoms with Crippen LogP contribution in [-0.2, 0) is 4.79 Å². The highest BCUT2D eigenvalue weighted by atomic mass is 16.5. The van der Waals surface area contributed by atoms with Gasteiger partial charge in [0.05, 0.1) is 12.1 Å². The largest absolute Gasteiger partial charge is 0.494 e. The van der Waals surface area contributed by atoms with Gasteiger partial charge >= 0.3 is 0 Å². The number of benzene rings is 1. The highest BCUT2D eigenvalue weighted by molar-refractivity contribution is 5.83. The number of carbonyl (C=O) groups is 1. The monoisotopic (exact) mass is 236 g/mol. The molecule has 1 aromatic rings. The van der Waals surface area contributed by atoms with E-state index in [0.717, 1.165) is 5.75 Å². The molecule has 0 saturated carbocycles. The normalized spacial score (nSPS) is 14.1. The number of nitrogens with two attached hydrogens (primary N) is 2. The molecule has 0 spiro atoms. The molecular formula is C13H20N2O2. The van der Waals surface area contributed by atoms with Gasteiger partial charge in [-0.2, -0.15) is 0 Å². The number of carbonyl (C=O) groups excluding carboxylic acids is 1. The van der Waals surface area contributed by atoms with Crippen molar-refractivity contribution in [3.05, 3.63) is 29.3 Å². The summed E-state index contributed by atoms with van der Waals surface area (Å²) in [7, 11) is 0. The van der Waals surface area contributed by atoms with Crippen molar-refractivity contribution in [1.82, 2.24) is 0 Å². The van der Waals surface area contributed by atoms with Gasteiger partial charge in [-0.15, -0.1) is 0 Å². The summed E-state index contributed by atoms with van der Waals surface area (Å²) in [6.45, 7) is 6.05. The van der Waals surface area contributed by atoms with Crippen molar-refractivity contribution in [3.8, 4) is 5.75 Å². The summed E-state index contributed by atoms with van der Waals surface area (Å²) in [5.41, 5.74) is 12.3. The van der Waals surface area contributed by atoms with E-state index in [1.807, 2.05) is 32.0 Å². The predicted octanol–water partition coefficient (Wildman–Crippen LogP) is 1.28. The van der Waals surface area contributed by atoms with E-state index in [-0.39, 0.29) is 0 Å². The van der Waals surface area contributed by atoms with Crippen LogP contribution in [0.4, 0.5) is 0 Å². The minimum atomic E-state index is -1.01. The first kappa shape index (κ1) is 13.5. The Balaban J connectivity index is 2.51. The second-order valence-electron chi connectivity index (χ2n) is 4.63. The SMILES string of the molecule is Cc1ccc(OCCC(C)(N)C(N)=O)cc1C. The van der Waals surface area contributed by atoms with E-state index < -0.39 is 11.4 Å². The van der Waals surface area contributed by atoms with Crippen LogP contribution in [0.15, 0.2) is 18.2 Å². The van der Waals surface area contributed by atoms with Crippen LogP contribution in [0, 0.1) is 13.8 Å². The van der Waals surface area contributed by atoms with Crippen molar-refractivity contribution < 1.29 is 9.53 Å². The standard InChI is InChI=1S/C13H20N2O2/c1-9-4-5-11(8-10(9)2)17-7-6-13(3,15)12(14)16/h4-5,8H,6-7,15H2,1-3H3,(H2,14,16). The zero-order valence-electron chi connectivity index (χ0n) is 10.6. The van der Waals surface area contributed by atoms with Crippen molar-refractivity contribution in [2.75, 3.05) is 6.61 Å². The molecule has 0 aliphatic carbocycles. The van der Waals surface area contributed by atoms with Crippen molar-refractivity contribution >= 4 is 5.91 Å². The van der Waals surface area contributed by atoms with Crippen molar-refractivity contribution in [2.45, 2.75) is 32.7 Å². The molecule has 17 heavy (non-hydrogen) atoms. The Morgan fingerprint density at radius 3 is 2.53 bits per heavy atom. The summed E-state index contributed by atoms with van der Waals surface area (Å²) in [5.74, 6) is 0.273. The summed E-state index contributed by atoms with van der Waals surface area (Å²) in [5, 5.41) is 0. The van der Waals surface area contributed by atoms with E-state index >= 15 is 0 Å². The van der Waals surface area contributed by atoms with Gasteiger partial charge < -0.3 is 16.2 Å². The Bertz CT molecular complexity index is 414. The number of amides is 1. The Kier molecular flexibility index (Phi) is 4.12. The fourth-order valence-electron chi connectivity index (χ4n) is 1.31. The van der Waals surface area contributed by atoms with E-state index in [0.29, 0.717) is 13.0 Å². The van der Waals surface area contributed by atoms with Crippen LogP contribution in [0.5, 0.6) is 5.75 Å². The van der Waals surface area contributed by atoms with Crippen LogP contribution in [0.1, 0.15) is 24.5 Å². The minimum Gasteiger partial charge on any atom is -0.494 e. The smallest absolute Gasteiger partial charge is 0.237 e. The molecule has 0 aliphatic heterocycles. The second-order valence-corrected chi connectivity index (χ2v) is 4.63. The molecule has 0 radical (unpaired) electrons. The first-order chi connectivity index (χ1) is 7.83. The third-order valence-electron chi connectivity index (χ3n) is 2.93. The highest BCUT2D eigenvalue weighted by Crippen LogP contribution is 2.17. The summed E-state index contributed by atoms with van der Waals surface area (Å²) < 4.78 is 5.54.